The smallest absolute Gasteiger partial charge is 0.232 e. The molecule has 0 atom stereocenters. The lowest BCUT2D eigenvalue weighted by Crippen LogP contribution is -2.42. The van der Waals surface area contributed by atoms with Gasteiger partial charge < -0.3 is 9.64 Å². The summed E-state index contributed by atoms with van der Waals surface area (Å²) in [5, 5.41) is 0.434. The maximum absolute atomic E-state index is 15.4. The molecule has 2 aromatic carbocycles. The normalized spacial score (nSPS) is 16.6. The van der Waals surface area contributed by atoms with E-state index in [1.807, 2.05) is 0 Å². The van der Waals surface area contributed by atoms with E-state index >= 15 is 4.39 Å². The van der Waals surface area contributed by atoms with Gasteiger partial charge in [0.05, 0.1) is 10.6 Å². The summed E-state index contributed by atoms with van der Waals surface area (Å²) in [4.78, 5) is 14.3. The van der Waals surface area contributed by atoms with Crippen molar-refractivity contribution in [1.82, 2.24) is 0 Å². The van der Waals surface area contributed by atoms with Crippen molar-refractivity contribution in [3.8, 4) is 0 Å². The molecule has 1 aliphatic heterocycles. The molecule has 0 unspecified atom stereocenters. The standard InChI is InChI=1S/C24H29ClFNO4S/c1-5-27(22(28)23(2,3)4)21-11-6-17(16-20(21)26)24(12-14-31-15-13-24)32(29,30)19-9-7-18(25)8-10-19/h6-11,16H,5,12-15H2,1-4H3. The summed E-state index contributed by atoms with van der Waals surface area (Å²) in [6.07, 6.45) is 0.407. The zero-order chi connectivity index (χ0) is 23.7. The number of amides is 1. The molecule has 5 nitrogen and oxygen atoms in total. The van der Waals surface area contributed by atoms with Crippen molar-refractivity contribution in [3.05, 3.63) is 58.9 Å². The van der Waals surface area contributed by atoms with Crippen LogP contribution >= 0.6 is 11.6 Å². The quantitative estimate of drug-likeness (QED) is 0.576. The van der Waals surface area contributed by atoms with Gasteiger partial charge in [0.2, 0.25) is 5.91 Å². The molecule has 1 amide bonds. The lowest BCUT2D eigenvalue weighted by atomic mass is 9.89. The zero-order valence-corrected chi connectivity index (χ0v) is 20.4. The van der Waals surface area contributed by atoms with Gasteiger partial charge in [0.25, 0.3) is 0 Å². The van der Waals surface area contributed by atoms with Crippen LogP contribution < -0.4 is 4.90 Å². The van der Waals surface area contributed by atoms with Gasteiger partial charge in [0.1, 0.15) is 10.6 Å². The second kappa shape index (κ2) is 9.12. The summed E-state index contributed by atoms with van der Waals surface area (Å²) >= 11 is 5.94. The molecule has 1 heterocycles. The number of benzene rings is 2. The number of ether oxygens (including phenoxy) is 1. The Hall–Kier alpha value is -1.96. The largest absolute Gasteiger partial charge is 0.381 e. The topological polar surface area (TPSA) is 63.7 Å². The summed E-state index contributed by atoms with van der Waals surface area (Å²) in [7, 11) is -3.87. The highest BCUT2D eigenvalue weighted by molar-refractivity contribution is 7.92. The fourth-order valence-corrected chi connectivity index (χ4v) is 6.30. The molecule has 0 N–H and O–H groups in total. The maximum atomic E-state index is 15.4. The number of rotatable bonds is 5. The van der Waals surface area contributed by atoms with E-state index in [0.29, 0.717) is 17.1 Å². The molecule has 174 valence electrons. The highest BCUT2D eigenvalue weighted by atomic mass is 35.5. The Morgan fingerprint density at radius 2 is 1.72 bits per heavy atom. The molecule has 2 aromatic rings. The maximum Gasteiger partial charge on any atom is 0.232 e. The molecule has 0 aromatic heterocycles. The van der Waals surface area contributed by atoms with Crippen molar-refractivity contribution < 1.29 is 22.3 Å². The minimum Gasteiger partial charge on any atom is -0.381 e. The van der Waals surface area contributed by atoms with Gasteiger partial charge in [0, 0.05) is 30.2 Å². The summed E-state index contributed by atoms with van der Waals surface area (Å²) < 4.78 is 47.0. The first kappa shape index (κ1) is 24.7. The summed E-state index contributed by atoms with van der Waals surface area (Å²) in [6, 6.07) is 10.4. The Labute approximate surface area is 194 Å². The molecule has 1 saturated heterocycles. The average molecular weight is 482 g/mol. The van der Waals surface area contributed by atoms with E-state index in [9.17, 15) is 13.2 Å². The van der Waals surface area contributed by atoms with Gasteiger partial charge in [-0.05, 0) is 61.7 Å². The highest BCUT2D eigenvalue weighted by Gasteiger charge is 2.47. The molecule has 0 saturated carbocycles. The SMILES string of the molecule is CCN(C(=O)C(C)(C)C)c1ccc(C2(S(=O)(=O)c3ccc(Cl)cc3)CCOCC2)cc1F. The molecule has 0 radical (unpaired) electrons. The van der Waals surface area contributed by atoms with Crippen LogP contribution in [0, 0.1) is 11.2 Å². The van der Waals surface area contributed by atoms with Crippen LogP contribution in [0.4, 0.5) is 10.1 Å². The second-order valence-electron chi connectivity index (χ2n) is 9.03. The Morgan fingerprint density at radius 3 is 2.22 bits per heavy atom. The van der Waals surface area contributed by atoms with Crippen molar-refractivity contribution in [3.63, 3.8) is 0 Å². The number of hydrogen-bond donors (Lipinski definition) is 0. The minimum atomic E-state index is -3.87. The average Bonchev–Trinajstić information content (AvgIpc) is 2.75. The Kier molecular flexibility index (Phi) is 7.03. The summed E-state index contributed by atoms with van der Waals surface area (Å²) in [5.74, 6) is -0.833. The van der Waals surface area contributed by atoms with Gasteiger partial charge in [-0.2, -0.15) is 0 Å². The third-order valence-electron chi connectivity index (χ3n) is 5.91. The minimum absolute atomic E-state index is 0.131. The van der Waals surface area contributed by atoms with E-state index in [2.05, 4.69) is 0 Å². The fraction of sp³-hybridized carbons (Fsp3) is 0.458. The Bertz CT molecular complexity index is 1090. The lowest BCUT2D eigenvalue weighted by molar-refractivity contribution is -0.125. The molecule has 0 spiro atoms. The third-order valence-corrected chi connectivity index (χ3v) is 8.72. The third kappa shape index (κ3) is 4.43. The lowest BCUT2D eigenvalue weighted by Gasteiger charge is -2.37. The monoisotopic (exact) mass is 481 g/mol. The highest BCUT2D eigenvalue weighted by Crippen LogP contribution is 2.44. The van der Waals surface area contributed by atoms with Gasteiger partial charge in [-0.1, -0.05) is 38.4 Å². The molecular weight excluding hydrogens is 453 g/mol. The van der Waals surface area contributed by atoms with Gasteiger partial charge in [-0.25, -0.2) is 12.8 Å². The van der Waals surface area contributed by atoms with Gasteiger partial charge >= 0.3 is 0 Å². The number of carbonyl (C=O) groups excluding carboxylic acids is 1. The molecule has 1 aliphatic rings. The van der Waals surface area contributed by atoms with Gasteiger partial charge in [0.15, 0.2) is 9.84 Å². The zero-order valence-electron chi connectivity index (χ0n) is 18.8. The van der Waals surface area contributed by atoms with Crippen LogP contribution in [0.25, 0.3) is 0 Å². The van der Waals surface area contributed by atoms with Crippen molar-refractivity contribution in [2.75, 3.05) is 24.7 Å². The number of sulfone groups is 1. The number of nitrogens with zero attached hydrogens (tertiary/aromatic N) is 1. The molecular formula is C24H29ClFNO4S. The van der Waals surface area contributed by atoms with Gasteiger partial charge in [-0.15, -0.1) is 0 Å². The number of halogens is 2. The summed E-state index contributed by atoms with van der Waals surface area (Å²) in [5.41, 5.74) is -0.181. The summed E-state index contributed by atoms with van der Waals surface area (Å²) in [6.45, 7) is 7.91. The Balaban J connectivity index is 2.11. The first-order chi connectivity index (χ1) is 14.9. The van der Waals surface area contributed by atoms with E-state index in [4.69, 9.17) is 16.3 Å². The van der Waals surface area contributed by atoms with Crippen LogP contribution in [-0.2, 0) is 24.1 Å². The van der Waals surface area contributed by atoms with E-state index in [1.54, 1.807) is 33.8 Å². The van der Waals surface area contributed by atoms with E-state index < -0.39 is 25.8 Å². The van der Waals surface area contributed by atoms with Crippen molar-refractivity contribution in [2.24, 2.45) is 5.41 Å². The van der Waals surface area contributed by atoms with Crippen molar-refractivity contribution >= 4 is 33.0 Å². The van der Waals surface area contributed by atoms with Crippen molar-refractivity contribution in [1.29, 1.82) is 0 Å². The first-order valence-corrected chi connectivity index (χ1v) is 12.5. The van der Waals surface area contributed by atoms with E-state index in [1.165, 1.54) is 41.3 Å². The van der Waals surface area contributed by atoms with E-state index in [-0.39, 0.29) is 42.5 Å². The van der Waals surface area contributed by atoms with Crippen LogP contribution in [0.1, 0.15) is 46.1 Å². The van der Waals surface area contributed by atoms with Crippen molar-refractivity contribution in [2.45, 2.75) is 50.2 Å². The predicted octanol–water partition coefficient (Wildman–Crippen LogP) is 5.36. The number of carbonyl (C=O) groups is 1. The Morgan fingerprint density at radius 1 is 1.12 bits per heavy atom. The molecule has 1 fully saturated rings. The molecule has 3 rings (SSSR count). The fourth-order valence-electron chi connectivity index (χ4n) is 4.09. The van der Waals surface area contributed by atoms with Crippen LogP contribution in [0.2, 0.25) is 5.02 Å². The molecule has 32 heavy (non-hydrogen) atoms. The predicted molar refractivity (Wildman–Crippen MR) is 124 cm³/mol. The first-order valence-electron chi connectivity index (χ1n) is 10.6. The van der Waals surface area contributed by atoms with Crippen LogP contribution in [0.15, 0.2) is 47.4 Å². The molecule has 8 heteroatoms. The molecule has 0 aliphatic carbocycles. The van der Waals surface area contributed by atoms with Crippen LogP contribution in [0.5, 0.6) is 0 Å². The second-order valence-corrected chi connectivity index (χ2v) is 11.7. The van der Waals surface area contributed by atoms with Crippen LogP contribution in [0.3, 0.4) is 0 Å². The van der Waals surface area contributed by atoms with E-state index in [0.717, 1.165) is 0 Å². The number of hydrogen-bond acceptors (Lipinski definition) is 4. The van der Waals surface area contributed by atoms with Crippen LogP contribution in [-0.4, -0.2) is 34.1 Å². The molecule has 0 bridgehead atoms. The van der Waals surface area contributed by atoms with Gasteiger partial charge in [-0.3, -0.25) is 4.79 Å². The number of anilines is 1.